The van der Waals surface area contributed by atoms with Gasteiger partial charge in [-0.1, -0.05) is 23.2 Å². The van der Waals surface area contributed by atoms with Crippen LogP contribution in [0.25, 0.3) is 11.3 Å². The number of hydrogen-bond donors (Lipinski definition) is 4. The maximum absolute atomic E-state index is 10.8. The van der Waals surface area contributed by atoms with Crippen LogP contribution in [0.1, 0.15) is 0 Å². The van der Waals surface area contributed by atoms with E-state index in [9.17, 15) is 10.1 Å². The van der Waals surface area contributed by atoms with Crippen molar-refractivity contribution in [2.75, 3.05) is 35.2 Å². The molecular weight excluding hydrogens is 419 g/mol. The lowest BCUT2D eigenvalue weighted by Gasteiger charge is -2.11. The molecule has 0 amide bonds. The van der Waals surface area contributed by atoms with Gasteiger partial charge in [0.05, 0.1) is 16.1 Å². The van der Waals surface area contributed by atoms with E-state index < -0.39 is 4.92 Å². The summed E-state index contributed by atoms with van der Waals surface area (Å²) in [4.78, 5) is 22.7. The van der Waals surface area contributed by atoms with Crippen molar-refractivity contribution in [2.24, 2.45) is 0 Å². The van der Waals surface area contributed by atoms with Gasteiger partial charge in [0.2, 0.25) is 5.82 Å². The van der Waals surface area contributed by atoms with Crippen molar-refractivity contribution in [2.45, 2.75) is 0 Å². The number of pyridine rings is 1. The third-order valence-electron chi connectivity index (χ3n) is 3.82. The third kappa shape index (κ3) is 4.92. The number of nitrogens with zero attached hydrogens (tertiary/aromatic N) is 4. The first-order chi connectivity index (χ1) is 13.8. The van der Waals surface area contributed by atoms with Crippen LogP contribution in [0.15, 0.2) is 36.5 Å². The summed E-state index contributed by atoms with van der Waals surface area (Å²) in [5.41, 5.74) is 12.3. The SMILES string of the molecule is Nc1nc(NCCNc2cnc(N)c(-c3ccc(Cl)cc3Cl)n2)ccc1[N+](=O)[O-]. The lowest BCUT2D eigenvalue weighted by atomic mass is 10.1. The van der Waals surface area contributed by atoms with Crippen molar-refractivity contribution in [3.63, 3.8) is 0 Å². The number of aromatic nitrogens is 3. The lowest BCUT2D eigenvalue weighted by molar-refractivity contribution is -0.384. The minimum atomic E-state index is -0.585. The van der Waals surface area contributed by atoms with Crippen molar-refractivity contribution in [1.82, 2.24) is 15.0 Å². The largest absolute Gasteiger partial charge is 0.382 e. The zero-order valence-electron chi connectivity index (χ0n) is 14.9. The van der Waals surface area contributed by atoms with Gasteiger partial charge in [0.1, 0.15) is 23.1 Å². The Kier molecular flexibility index (Phi) is 6.15. The molecule has 12 heteroatoms. The predicted octanol–water partition coefficient (Wildman–Crippen LogP) is 3.44. The summed E-state index contributed by atoms with van der Waals surface area (Å²) in [7, 11) is 0. The minimum absolute atomic E-state index is 0.151. The first-order valence-corrected chi connectivity index (χ1v) is 9.07. The van der Waals surface area contributed by atoms with Crippen LogP contribution in [-0.4, -0.2) is 33.0 Å². The second-order valence-corrected chi connectivity index (χ2v) is 6.67. The number of benzene rings is 1. The minimum Gasteiger partial charge on any atom is -0.382 e. The smallest absolute Gasteiger partial charge is 0.311 e. The summed E-state index contributed by atoms with van der Waals surface area (Å²) in [6.07, 6.45) is 1.50. The zero-order chi connectivity index (χ0) is 21.0. The molecule has 0 fully saturated rings. The summed E-state index contributed by atoms with van der Waals surface area (Å²) < 4.78 is 0. The Hall–Kier alpha value is -3.37. The number of nitrogen functional groups attached to an aromatic ring is 2. The number of hydrogen-bond acceptors (Lipinski definition) is 9. The van der Waals surface area contributed by atoms with E-state index in [0.717, 1.165) is 0 Å². The summed E-state index contributed by atoms with van der Waals surface area (Å²) in [6.45, 7) is 0.915. The Balaban J connectivity index is 1.63. The van der Waals surface area contributed by atoms with E-state index in [-0.39, 0.29) is 17.3 Å². The molecule has 0 saturated carbocycles. The fourth-order valence-corrected chi connectivity index (χ4v) is 2.96. The number of nitro groups is 1. The zero-order valence-corrected chi connectivity index (χ0v) is 16.4. The Labute approximate surface area is 175 Å². The van der Waals surface area contributed by atoms with Crippen LogP contribution in [0.5, 0.6) is 0 Å². The van der Waals surface area contributed by atoms with E-state index in [1.54, 1.807) is 18.2 Å². The van der Waals surface area contributed by atoms with Gasteiger partial charge in [0.15, 0.2) is 0 Å². The summed E-state index contributed by atoms with van der Waals surface area (Å²) in [5, 5.41) is 17.8. The van der Waals surface area contributed by atoms with Crippen LogP contribution in [0, 0.1) is 10.1 Å². The van der Waals surface area contributed by atoms with Gasteiger partial charge in [-0.05, 0) is 24.3 Å². The predicted molar refractivity (Wildman–Crippen MR) is 114 cm³/mol. The fraction of sp³-hybridized carbons (Fsp3) is 0.118. The van der Waals surface area contributed by atoms with Gasteiger partial charge in [-0.25, -0.2) is 15.0 Å². The first kappa shape index (κ1) is 20.4. The molecule has 3 aromatic rings. The van der Waals surface area contributed by atoms with Crippen molar-refractivity contribution < 1.29 is 4.92 Å². The summed E-state index contributed by atoms with van der Waals surface area (Å²) in [5.74, 6) is 1.01. The van der Waals surface area contributed by atoms with Crippen LogP contribution in [0.3, 0.4) is 0 Å². The molecule has 0 aliphatic heterocycles. The van der Waals surface area contributed by atoms with Crippen molar-refractivity contribution in [3.05, 3.63) is 56.7 Å². The van der Waals surface area contributed by atoms with Gasteiger partial charge in [0, 0.05) is 29.7 Å². The maximum Gasteiger partial charge on any atom is 0.311 e. The molecule has 0 aliphatic carbocycles. The Morgan fingerprint density at radius 2 is 1.72 bits per heavy atom. The average molecular weight is 435 g/mol. The molecule has 0 radical (unpaired) electrons. The lowest BCUT2D eigenvalue weighted by Crippen LogP contribution is -2.16. The van der Waals surface area contributed by atoms with Crippen LogP contribution in [-0.2, 0) is 0 Å². The standard InChI is InChI=1S/C17H16Cl2N8O2/c18-9-1-2-10(11(19)7-9)15-17(21)24-8-14(25-15)23-6-5-22-13-4-3-12(27(28)29)16(20)26-13/h1-4,7-8H,5-6H2,(H2,21,24)(H,23,25)(H3,20,22,26). The van der Waals surface area contributed by atoms with Crippen LogP contribution >= 0.6 is 23.2 Å². The topological polar surface area (TPSA) is 158 Å². The summed E-state index contributed by atoms with van der Waals surface area (Å²) in [6, 6.07) is 7.80. The maximum atomic E-state index is 10.8. The second kappa shape index (κ2) is 8.76. The Morgan fingerprint density at radius 3 is 2.38 bits per heavy atom. The molecule has 2 aromatic heterocycles. The Morgan fingerprint density at radius 1 is 1.00 bits per heavy atom. The molecule has 29 heavy (non-hydrogen) atoms. The molecule has 0 saturated heterocycles. The van der Waals surface area contributed by atoms with E-state index >= 15 is 0 Å². The molecule has 150 valence electrons. The molecule has 0 unspecified atom stereocenters. The van der Waals surface area contributed by atoms with Gasteiger partial charge >= 0.3 is 5.69 Å². The normalized spacial score (nSPS) is 10.6. The molecule has 3 rings (SSSR count). The molecule has 10 nitrogen and oxygen atoms in total. The van der Waals surface area contributed by atoms with Gasteiger partial charge in [-0.3, -0.25) is 10.1 Å². The second-order valence-electron chi connectivity index (χ2n) is 5.82. The highest BCUT2D eigenvalue weighted by Gasteiger charge is 2.13. The molecule has 6 N–H and O–H groups in total. The molecule has 2 heterocycles. The van der Waals surface area contributed by atoms with Crippen molar-refractivity contribution in [3.8, 4) is 11.3 Å². The fourth-order valence-electron chi connectivity index (χ4n) is 2.46. The number of nitrogens with one attached hydrogen (secondary N) is 2. The molecular formula is C17H16Cl2N8O2. The quantitative estimate of drug-likeness (QED) is 0.248. The number of rotatable bonds is 7. The average Bonchev–Trinajstić information content (AvgIpc) is 2.66. The van der Waals surface area contributed by atoms with E-state index in [2.05, 4.69) is 25.6 Å². The van der Waals surface area contributed by atoms with Crippen molar-refractivity contribution in [1.29, 1.82) is 0 Å². The first-order valence-electron chi connectivity index (χ1n) is 8.31. The molecule has 0 spiro atoms. The van der Waals surface area contributed by atoms with Crippen LogP contribution < -0.4 is 22.1 Å². The highest BCUT2D eigenvalue weighted by atomic mass is 35.5. The van der Waals surface area contributed by atoms with Crippen LogP contribution in [0.2, 0.25) is 10.0 Å². The molecule has 1 aromatic carbocycles. The van der Waals surface area contributed by atoms with Crippen molar-refractivity contribution >= 4 is 52.2 Å². The highest BCUT2D eigenvalue weighted by molar-refractivity contribution is 6.36. The number of halogens is 2. The van der Waals surface area contributed by atoms with Gasteiger partial charge in [-0.15, -0.1) is 0 Å². The molecule has 0 aliphatic rings. The van der Waals surface area contributed by atoms with Gasteiger partial charge in [0.25, 0.3) is 0 Å². The van der Waals surface area contributed by atoms with Crippen LogP contribution in [0.4, 0.5) is 29.0 Å². The number of anilines is 4. The van der Waals surface area contributed by atoms with Gasteiger partial charge in [-0.2, -0.15) is 0 Å². The van der Waals surface area contributed by atoms with E-state index in [1.807, 2.05) is 0 Å². The van der Waals surface area contributed by atoms with Gasteiger partial charge < -0.3 is 22.1 Å². The molecule has 0 bridgehead atoms. The number of nitrogens with two attached hydrogens (primary N) is 2. The highest BCUT2D eigenvalue weighted by Crippen LogP contribution is 2.32. The Bertz CT molecular complexity index is 1060. The van der Waals surface area contributed by atoms with E-state index in [0.29, 0.717) is 46.0 Å². The summed E-state index contributed by atoms with van der Waals surface area (Å²) >= 11 is 12.2. The van der Waals surface area contributed by atoms with E-state index in [1.165, 1.54) is 18.3 Å². The molecule has 0 atom stereocenters. The van der Waals surface area contributed by atoms with E-state index in [4.69, 9.17) is 34.7 Å². The monoisotopic (exact) mass is 434 g/mol. The third-order valence-corrected chi connectivity index (χ3v) is 4.37.